The summed E-state index contributed by atoms with van der Waals surface area (Å²) < 4.78 is 1.16. The van der Waals surface area contributed by atoms with Crippen LogP contribution in [0.2, 0.25) is 0 Å². The van der Waals surface area contributed by atoms with Crippen molar-refractivity contribution in [1.29, 1.82) is 0 Å². The van der Waals surface area contributed by atoms with Gasteiger partial charge >= 0.3 is 0 Å². The van der Waals surface area contributed by atoms with Crippen molar-refractivity contribution in [2.45, 2.75) is 51.0 Å². The number of hydrogen-bond acceptors (Lipinski definition) is 2. The highest BCUT2D eigenvalue weighted by molar-refractivity contribution is 14.0. The number of nitrogens with zero attached hydrogens (tertiary/aromatic N) is 2. The molecule has 3 rings (SSSR count). The summed E-state index contributed by atoms with van der Waals surface area (Å²) in [6.07, 6.45) is 5.12. The quantitative estimate of drug-likeness (QED) is 0.315. The zero-order valence-corrected chi connectivity index (χ0v) is 20.7. The second-order valence-electron chi connectivity index (χ2n) is 8.19. The number of rotatable bonds is 6. The molecule has 1 heterocycles. The highest BCUT2D eigenvalue weighted by Gasteiger charge is 2.44. The van der Waals surface area contributed by atoms with Crippen molar-refractivity contribution >= 4 is 45.9 Å². The minimum Gasteiger partial charge on any atom is -0.356 e. The monoisotopic (exact) mass is 548 g/mol. The minimum atomic E-state index is 0. The molecule has 1 saturated heterocycles. The first-order chi connectivity index (χ1) is 12.5. The van der Waals surface area contributed by atoms with Crippen LogP contribution in [0, 0.1) is 5.92 Å². The Morgan fingerprint density at radius 3 is 2.74 bits per heavy atom. The van der Waals surface area contributed by atoms with Gasteiger partial charge in [-0.1, -0.05) is 28.1 Å². The molecule has 4 nitrogen and oxygen atoms in total. The molecule has 1 saturated carbocycles. The Morgan fingerprint density at radius 2 is 2.11 bits per heavy atom. The van der Waals surface area contributed by atoms with Crippen LogP contribution >= 0.6 is 39.9 Å². The molecule has 2 fully saturated rings. The Balaban J connectivity index is 0.00000261. The van der Waals surface area contributed by atoms with E-state index < -0.39 is 0 Å². The number of hydrogen-bond donors (Lipinski definition) is 2. The molecule has 0 spiro atoms. The fourth-order valence-electron chi connectivity index (χ4n) is 3.98. The lowest BCUT2D eigenvalue weighted by Gasteiger charge is -2.35. The Morgan fingerprint density at radius 1 is 1.33 bits per heavy atom. The van der Waals surface area contributed by atoms with Crippen LogP contribution in [-0.4, -0.2) is 50.1 Å². The SMILES string of the molecule is CN=C(NCC1CCCN(C(C)C)C1)NCC1(c2cccc(Br)c2)CC1.I. The van der Waals surface area contributed by atoms with Crippen LogP contribution in [0.25, 0.3) is 0 Å². The third-order valence-corrected chi connectivity index (χ3v) is 6.44. The Hall–Kier alpha value is -0.340. The maximum absolute atomic E-state index is 4.44. The first-order valence-corrected chi connectivity index (χ1v) is 10.8. The van der Waals surface area contributed by atoms with Crippen molar-refractivity contribution in [3.8, 4) is 0 Å². The largest absolute Gasteiger partial charge is 0.356 e. The maximum Gasteiger partial charge on any atom is 0.191 e. The molecule has 0 bridgehead atoms. The van der Waals surface area contributed by atoms with E-state index >= 15 is 0 Å². The smallest absolute Gasteiger partial charge is 0.191 e. The zero-order valence-electron chi connectivity index (χ0n) is 16.8. The average Bonchev–Trinajstić information content (AvgIpc) is 3.43. The molecule has 1 aliphatic carbocycles. The van der Waals surface area contributed by atoms with Crippen molar-refractivity contribution in [3.05, 3.63) is 34.3 Å². The molecule has 152 valence electrons. The van der Waals surface area contributed by atoms with E-state index in [9.17, 15) is 0 Å². The molecule has 1 aromatic rings. The van der Waals surface area contributed by atoms with Crippen LogP contribution in [0.15, 0.2) is 33.7 Å². The fraction of sp³-hybridized carbons (Fsp3) is 0.667. The first kappa shape index (κ1) is 22.9. The molecular weight excluding hydrogens is 515 g/mol. The molecule has 2 N–H and O–H groups in total. The summed E-state index contributed by atoms with van der Waals surface area (Å²) in [6.45, 7) is 9.00. The van der Waals surface area contributed by atoms with E-state index in [-0.39, 0.29) is 29.4 Å². The molecule has 1 atom stereocenters. The van der Waals surface area contributed by atoms with E-state index in [0.717, 1.165) is 23.5 Å². The molecule has 0 amide bonds. The van der Waals surface area contributed by atoms with E-state index in [0.29, 0.717) is 12.0 Å². The van der Waals surface area contributed by atoms with Crippen LogP contribution in [0.5, 0.6) is 0 Å². The normalized spacial score (nSPS) is 22.3. The molecule has 1 aromatic carbocycles. The third-order valence-electron chi connectivity index (χ3n) is 5.95. The van der Waals surface area contributed by atoms with Crippen molar-refractivity contribution in [2.75, 3.05) is 33.2 Å². The number of aliphatic imine (C=N–C) groups is 1. The Labute approximate surface area is 190 Å². The molecule has 1 unspecified atom stereocenters. The summed E-state index contributed by atoms with van der Waals surface area (Å²) in [5.41, 5.74) is 1.70. The zero-order chi connectivity index (χ0) is 18.6. The predicted molar refractivity (Wildman–Crippen MR) is 129 cm³/mol. The predicted octanol–water partition coefficient (Wildman–Crippen LogP) is 4.38. The van der Waals surface area contributed by atoms with Crippen molar-refractivity contribution in [3.63, 3.8) is 0 Å². The van der Waals surface area contributed by atoms with E-state index in [4.69, 9.17) is 0 Å². The van der Waals surface area contributed by atoms with Crippen molar-refractivity contribution in [1.82, 2.24) is 15.5 Å². The van der Waals surface area contributed by atoms with Crippen LogP contribution < -0.4 is 10.6 Å². The minimum absolute atomic E-state index is 0. The molecule has 1 aliphatic heterocycles. The van der Waals surface area contributed by atoms with Gasteiger partial charge in [0.1, 0.15) is 0 Å². The molecule has 6 heteroatoms. The summed E-state index contributed by atoms with van der Waals surface area (Å²) in [6, 6.07) is 9.38. The van der Waals surface area contributed by atoms with E-state index in [1.807, 2.05) is 7.05 Å². The number of likely N-dealkylation sites (tertiary alicyclic amines) is 1. The number of nitrogens with one attached hydrogen (secondary N) is 2. The van der Waals surface area contributed by atoms with Crippen LogP contribution in [0.1, 0.15) is 45.1 Å². The highest BCUT2D eigenvalue weighted by Crippen LogP contribution is 2.48. The lowest BCUT2D eigenvalue weighted by Crippen LogP contribution is -2.47. The Bertz CT molecular complexity index is 630. The van der Waals surface area contributed by atoms with Gasteiger partial charge in [-0.3, -0.25) is 4.99 Å². The Kier molecular flexibility index (Phi) is 8.87. The number of benzene rings is 1. The topological polar surface area (TPSA) is 39.7 Å². The van der Waals surface area contributed by atoms with Gasteiger partial charge in [0.2, 0.25) is 0 Å². The maximum atomic E-state index is 4.44. The van der Waals surface area contributed by atoms with Crippen LogP contribution in [0.3, 0.4) is 0 Å². The molecular formula is C21H34BrIN4. The van der Waals surface area contributed by atoms with E-state index in [1.165, 1.54) is 44.3 Å². The molecule has 0 aromatic heterocycles. The number of guanidine groups is 1. The second kappa shape index (κ2) is 10.4. The van der Waals surface area contributed by atoms with Crippen LogP contribution in [-0.2, 0) is 5.41 Å². The number of piperidine rings is 1. The van der Waals surface area contributed by atoms with Gasteiger partial charge in [-0.2, -0.15) is 0 Å². The van der Waals surface area contributed by atoms with Crippen LogP contribution in [0.4, 0.5) is 0 Å². The summed E-state index contributed by atoms with van der Waals surface area (Å²) in [5.74, 6) is 1.65. The summed E-state index contributed by atoms with van der Waals surface area (Å²) in [7, 11) is 1.87. The summed E-state index contributed by atoms with van der Waals surface area (Å²) in [4.78, 5) is 7.04. The van der Waals surface area contributed by atoms with E-state index in [2.05, 4.69) is 74.6 Å². The summed E-state index contributed by atoms with van der Waals surface area (Å²) in [5, 5.41) is 7.14. The lowest BCUT2D eigenvalue weighted by atomic mass is 9.96. The fourth-order valence-corrected chi connectivity index (χ4v) is 4.38. The first-order valence-electron chi connectivity index (χ1n) is 9.97. The number of halogens is 2. The van der Waals surface area contributed by atoms with Gasteiger partial charge in [0.15, 0.2) is 5.96 Å². The van der Waals surface area contributed by atoms with Gasteiger partial charge in [0.05, 0.1) is 0 Å². The third kappa shape index (κ3) is 6.32. The van der Waals surface area contributed by atoms with Gasteiger partial charge in [-0.25, -0.2) is 0 Å². The van der Waals surface area contributed by atoms with Crippen molar-refractivity contribution < 1.29 is 0 Å². The average molecular weight is 549 g/mol. The highest BCUT2D eigenvalue weighted by atomic mass is 127. The lowest BCUT2D eigenvalue weighted by molar-refractivity contribution is 0.141. The van der Waals surface area contributed by atoms with Gasteiger partial charge in [-0.15, -0.1) is 24.0 Å². The standard InChI is InChI=1S/C21H33BrN4.HI/c1-16(2)26-11-5-6-17(14-26)13-24-20(23-3)25-15-21(9-10-21)18-7-4-8-19(22)12-18;/h4,7-8,12,16-17H,5-6,9-11,13-15H2,1-3H3,(H2,23,24,25);1H. The van der Waals surface area contributed by atoms with Gasteiger partial charge < -0.3 is 15.5 Å². The molecule has 0 radical (unpaired) electrons. The van der Waals surface area contributed by atoms with Gasteiger partial charge in [-0.05, 0) is 69.7 Å². The van der Waals surface area contributed by atoms with Gasteiger partial charge in [0.25, 0.3) is 0 Å². The van der Waals surface area contributed by atoms with E-state index in [1.54, 1.807) is 0 Å². The summed E-state index contributed by atoms with van der Waals surface area (Å²) >= 11 is 3.60. The van der Waals surface area contributed by atoms with Gasteiger partial charge in [0, 0.05) is 42.6 Å². The van der Waals surface area contributed by atoms with Crippen molar-refractivity contribution in [2.24, 2.45) is 10.9 Å². The molecule has 2 aliphatic rings. The molecule has 27 heavy (non-hydrogen) atoms. The second-order valence-corrected chi connectivity index (χ2v) is 9.11.